The van der Waals surface area contributed by atoms with Crippen molar-refractivity contribution in [2.45, 2.75) is 219 Å². The fraction of sp³-hybridized carbons (Fsp3) is 0.810. The molecule has 1 atom stereocenters. The van der Waals surface area contributed by atoms with E-state index in [1.54, 1.807) is 0 Å². The van der Waals surface area contributed by atoms with Crippen molar-refractivity contribution in [3.8, 4) is 0 Å². The third-order valence-corrected chi connectivity index (χ3v) is 8.88. The summed E-state index contributed by atoms with van der Waals surface area (Å²) in [4.78, 5) is 23.3. The third kappa shape index (κ3) is 36.6. The molecule has 0 aromatic rings. The molecular weight excluding hydrogens is 568 g/mol. The monoisotopic (exact) mass is 645 g/mol. The van der Waals surface area contributed by atoms with E-state index in [2.05, 4.69) is 50.3 Å². The second-order valence-electron chi connectivity index (χ2n) is 13.4. The molecule has 1 unspecified atom stereocenters. The molecule has 0 radical (unpaired) electrons. The summed E-state index contributed by atoms with van der Waals surface area (Å²) in [6.45, 7) is 4.44. The van der Waals surface area contributed by atoms with Crippen LogP contribution in [-0.2, 0) is 14.3 Å². The fourth-order valence-corrected chi connectivity index (χ4v) is 5.96. The van der Waals surface area contributed by atoms with Crippen LogP contribution in [0.2, 0.25) is 0 Å². The molecule has 0 spiro atoms. The van der Waals surface area contributed by atoms with Crippen LogP contribution in [0.5, 0.6) is 0 Å². The minimum absolute atomic E-state index is 0.00445. The van der Waals surface area contributed by atoms with Crippen molar-refractivity contribution in [2.24, 2.45) is 0 Å². The number of carboxylic acid groups (broad SMARTS) is 1. The standard InChI is InChI=1S/C42H76O4/c1-3-5-7-9-11-13-15-16-17-18-19-20-21-23-25-31-35-39-42(45)46-40(37-33-29-26-27-30-34-38-41(43)44)36-32-28-24-22-14-12-10-8-6-4-2/h5,7,11,13,16-17,40H,3-4,6,8-10,12,14-15,18-39H2,1-2H3,(H,43,44)/b7-5-,13-11-,17-16-. The van der Waals surface area contributed by atoms with Gasteiger partial charge in [-0.2, -0.15) is 0 Å². The second-order valence-corrected chi connectivity index (χ2v) is 13.4. The molecule has 0 saturated carbocycles. The molecule has 46 heavy (non-hydrogen) atoms. The zero-order valence-corrected chi connectivity index (χ0v) is 30.6. The van der Waals surface area contributed by atoms with Crippen LogP contribution in [0.15, 0.2) is 36.5 Å². The van der Waals surface area contributed by atoms with Crippen LogP contribution in [0.1, 0.15) is 213 Å². The summed E-state index contributed by atoms with van der Waals surface area (Å²) in [6, 6.07) is 0. The van der Waals surface area contributed by atoms with Crippen molar-refractivity contribution in [1.82, 2.24) is 0 Å². The number of allylic oxidation sites excluding steroid dienone is 6. The summed E-state index contributed by atoms with van der Waals surface area (Å²) in [5.74, 6) is -0.689. The molecule has 0 fully saturated rings. The first-order valence-electron chi connectivity index (χ1n) is 20.0. The number of hydrogen-bond donors (Lipinski definition) is 1. The van der Waals surface area contributed by atoms with E-state index < -0.39 is 5.97 Å². The summed E-state index contributed by atoms with van der Waals surface area (Å²) in [5, 5.41) is 8.79. The number of carboxylic acids is 1. The Balaban J connectivity index is 4.03. The van der Waals surface area contributed by atoms with E-state index >= 15 is 0 Å². The van der Waals surface area contributed by atoms with Gasteiger partial charge in [0.25, 0.3) is 0 Å². The first-order chi connectivity index (χ1) is 22.6. The molecule has 0 aromatic heterocycles. The normalized spacial score (nSPS) is 12.6. The Labute approximate surface area is 286 Å². The van der Waals surface area contributed by atoms with Gasteiger partial charge in [-0.3, -0.25) is 9.59 Å². The lowest BCUT2D eigenvalue weighted by Crippen LogP contribution is -2.18. The van der Waals surface area contributed by atoms with Crippen molar-refractivity contribution in [2.75, 3.05) is 0 Å². The van der Waals surface area contributed by atoms with Gasteiger partial charge in [-0.25, -0.2) is 0 Å². The number of unbranched alkanes of at least 4 members (excludes halogenated alkanes) is 21. The molecule has 1 N–H and O–H groups in total. The van der Waals surface area contributed by atoms with Gasteiger partial charge >= 0.3 is 11.9 Å². The van der Waals surface area contributed by atoms with Crippen LogP contribution in [0.25, 0.3) is 0 Å². The Morgan fingerprint density at radius 1 is 0.500 bits per heavy atom. The van der Waals surface area contributed by atoms with Gasteiger partial charge in [0.15, 0.2) is 0 Å². The zero-order valence-electron chi connectivity index (χ0n) is 30.6. The number of esters is 1. The Kier molecular flexibility index (Phi) is 36.1. The average molecular weight is 645 g/mol. The predicted octanol–water partition coefficient (Wildman–Crippen LogP) is 13.8. The largest absolute Gasteiger partial charge is 0.481 e. The molecule has 0 rings (SSSR count). The van der Waals surface area contributed by atoms with Gasteiger partial charge in [0.05, 0.1) is 0 Å². The zero-order chi connectivity index (χ0) is 33.6. The fourth-order valence-electron chi connectivity index (χ4n) is 5.96. The number of carbonyl (C=O) groups excluding carboxylic acids is 1. The van der Waals surface area contributed by atoms with Gasteiger partial charge in [0, 0.05) is 12.8 Å². The molecule has 0 aliphatic carbocycles. The van der Waals surface area contributed by atoms with E-state index in [1.165, 1.54) is 96.3 Å². The highest BCUT2D eigenvalue weighted by Crippen LogP contribution is 2.19. The summed E-state index contributed by atoms with van der Waals surface area (Å²) in [6.07, 6.45) is 48.8. The van der Waals surface area contributed by atoms with Crippen molar-refractivity contribution in [3.05, 3.63) is 36.5 Å². The highest BCUT2D eigenvalue weighted by molar-refractivity contribution is 5.69. The maximum absolute atomic E-state index is 12.7. The lowest BCUT2D eigenvalue weighted by molar-refractivity contribution is -0.150. The van der Waals surface area contributed by atoms with Gasteiger partial charge in [-0.05, 0) is 70.6 Å². The summed E-state index contributed by atoms with van der Waals surface area (Å²) < 4.78 is 6.02. The molecule has 4 heteroatoms. The number of hydrogen-bond acceptors (Lipinski definition) is 3. The molecular formula is C42H76O4. The molecule has 0 aliphatic heterocycles. The van der Waals surface area contributed by atoms with Crippen molar-refractivity contribution < 1.29 is 19.4 Å². The Hall–Kier alpha value is -1.84. The van der Waals surface area contributed by atoms with Crippen LogP contribution in [0.3, 0.4) is 0 Å². The van der Waals surface area contributed by atoms with Crippen LogP contribution in [0, 0.1) is 0 Å². The van der Waals surface area contributed by atoms with E-state index in [0.717, 1.165) is 89.9 Å². The van der Waals surface area contributed by atoms with E-state index in [-0.39, 0.29) is 18.5 Å². The summed E-state index contributed by atoms with van der Waals surface area (Å²) >= 11 is 0. The summed E-state index contributed by atoms with van der Waals surface area (Å²) in [5.41, 5.74) is 0. The molecule has 4 nitrogen and oxygen atoms in total. The van der Waals surface area contributed by atoms with Gasteiger partial charge in [-0.1, -0.05) is 166 Å². The van der Waals surface area contributed by atoms with Crippen LogP contribution < -0.4 is 0 Å². The first-order valence-corrected chi connectivity index (χ1v) is 20.0. The number of rotatable bonds is 36. The molecule has 0 heterocycles. The van der Waals surface area contributed by atoms with Gasteiger partial charge < -0.3 is 9.84 Å². The third-order valence-electron chi connectivity index (χ3n) is 8.88. The highest BCUT2D eigenvalue weighted by atomic mass is 16.5. The topological polar surface area (TPSA) is 63.6 Å². The second kappa shape index (κ2) is 37.6. The lowest BCUT2D eigenvalue weighted by Gasteiger charge is -2.18. The average Bonchev–Trinajstić information content (AvgIpc) is 3.04. The lowest BCUT2D eigenvalue weighted by atomic mass is 10.0. The van der Waals surface area contributed by atoms with Gasteiger partial charge in [0.2, 0.25) is 0 Å². The number of ether oxygens (including phenoxy) is 1. The van der Waals surface area contributed by atoms with E-state index in [9.17, 15) is 9.59 Å². The maximum atomic E-state index is 12.7. The predicted molar refractivity (Wildman–Crippen MR) is 199 cm³/mol. The van der Waals surface area contributed by atoms with Crippen LogP contribution >= 0.6 is 0 Å². The Morgan fingerprint density at radius 3 is 1.41 bits per heavy atom. The quantitative estimate of drug-likeness (QED) is 0.0419. The highest BCUT2D eigenvalue weighted by Gasteiger charge is 2.14. The van der Waals surface area contributed by atoms with Crippen molar-refractivity contribution in [1.29, 1.82) is 0 Å². The van der Waals surface area contributed by atoms with Gasteiger partial charge in [-0.15, -0.1) is 0 Å². The Morgan fingerprint density at radius 2 is 0.913 bits per heavy atom. The minimum Gasteiger partial charge on any atom is -0.481 e. The minimum atomic E-state index is -0.693. The smallest absolute Gasteiger partial charge is 0.306 e. The number of carbonyl (C=O) groups is 2. The first kappa shape index (κ1) is 44.2. The Bertz CT molecular complexity index is 738. The summed E-state index contributed by atoms with van der Waals surface area (Å²) in [7, 11) is 0. The van der Waals surface area contributed by atoms with Crippen molar-refractivity contribution >= 4 is 11.9 Å². The molecule has 0 amide bonds. The molecule has 0 aliphatic rings. The molecule has 268 valence electrons. The number of aliphatic carboxylic acids is 1. The van der Waals surface area contributed by atoms with E-state index in [0.29, 0.717) is 6.42 Å². The molecule has 0 aromatic carbocycles. The van der Waals surface area contributed by atoms with Crippen LogP contribution in [-0.4, -0.2) is 23.1 Å². The maximum Gasteiger partial charge on any atom is 0.306 e. The van der Waals surface area contributed by atoms with E-state index in [1.807, 2.05) is 0 Å². The van der Waals surface area contributed by atoms with Crippen molar-refractivity contribution in [3.63, 3.8) is 0 Å². The molecule has 0 bridgehead atoms. The molecule has 0 saturated heterocycles. The van der Waals surface area contributed by atoms with Crippen LogP contribution in [0.4, 0.5) is 0 Å². The van der Waals surface area contributed by atoms with Gasteiger partial charge in [0.1, 0.15) is 6.10 Å². The van der Waals surface area contributed by atoms with E-state index in [4.69, 9.17) is 9.84 Å². The SMILES string of the molecule is CC/C=C\C/C=C\C/C=C\CCCCCCCCCC(=O)OC(CCCCCCCCCCCC)CCCCCCCCC(=O)O.